The molecule has 1 heterocycles. The number of hydrogen-bond donors (Lipinski definition) is 3. The average Bonchev–Trinajstić information content (AvgIpc) is 2.75. The third-order valence-electron chi connectivity index (χ3n) is 3.59. The van der Waals surface area contributed by atoms with Gasteiger partial charge in [0.2, 0.25) is 0 Å². The fourth-order valence-electron chi connectivity index (χ4n) is 1.74. The van der Waals surface area contributed by atoms with Gasteiger partial charge in [0.15, 0.2) is 0 Å². The van der Waals surface area contributed by atoms with E-state index in [1.54, 1.807) is 11.3 Å². The van der Waals surface area contributed by atoms with E-state index in [0.29, 0.717) is 19.4 Å². The van der Waals surface area contributed by atoms with Crippen LogP contribution in [0.15, 0.2) is 0 Å². The van der Waals surface area contributed by atoms with Crippen molar-refractivity contribution in [3.05, 3.63) is 15.6 Å². The maximum absolute atomic E-state index is 11.6. The summed E-state index contributed by atoms with van der Waals surface area (Å²) in [5.74, 6) is 0. The van der Waals surface area contributed by atoms with Crippen LogP contribution in [0.4, 0.5) is 4.79 Å². The maximum atomic E-state index is 11.6. The third kappa shape index (κ3) is 5.09. The molecular weight excluding hydrogens is 274 g/mol. The highest BCUT2D eigenvalue weighted by Gasteiger charge is 2.22. The Morgan fingerprint density at radius 3 is 2.45 bits per heavy atom. The van der Waals surface area contributed by atoms with Gasteiger partial charge in [0.25, 0.3) is 0 Å². The standard InChI is InChI=1S/C14H25N3O2S/c1-5-14(19,6-2)9-16-13(18)15-8-7-12-17-10(3)11(4)20-12/h19H,5-9H2,1-4H3,(H2,15,16,18). The number of carbonyl (C=O) groups excluding carboxylic acids is 1. The van der Waals surface area contributed by atoms with Crippen LogP contribution in [0, 0.1) is 13.8 Å². The summed E-state index contributed by atoms with van der Waals surface area (Å²) in [6.45, 7) is 8.70. The van der Waals surface area contributed by atoms with Crippen LogP contribution in [0.5, 0.6) is 0 Å². The van der Waals surface area contributed by atoms with Crippen LogP contribution in [0.25, 0.3) is 0 Å². The van der Waals surface area contributed by atoms with Gasteiger partial charge >= 0.3 is 6.03 Å². The second kappa shape index (κ2) is 7.59. The fraction of sp³-hybridized carbons (Fsp3) is 0.714. The van der Waals surface area contributed by atoms with Gasteiger partial charge in [-0.05, 0) is 26.7 Å². The van der Waals surface area contributed by atoms with Crippen molar-refractivity contribution < 1.29 is 9.90 Å². The normalized spacial score (nSPS) is 11.4. The molecule has 0 spiro atoms. The molecule has 0 atom stereocenters. The van der Waals surface area contributed by atoms with Crippen molar-refractivity contribution in [1.29, 1.82) is 0 Å². The molecule has 5 nitrogen and oxygen atoms in total. The Balaban J connectivity index is 2.27. The molecule has 0 bridgehead atoms. The first-order chi connectivity index (χ1) is 9.40. The smallest absolute Gasteiger partial charge is 0.314 e. The van der Waals surface area contributed by atoms with Crippen molar-refractivity contribution in [2.45, 2.75) is 52.6 Å². The van der Waals surface area contributed by atoms with Crippen molar-refractivity contribution in [3.63, 3.8) is 0 Å². The molecule has 20 heavy (non-hydrogen) atoms. The summed E-state index contributed by atoms with van der Waals surface area (Å²) in [6, 6.07) is -0.240. The number of aliphatic hydroxyl groups is 1. The van der Waals surface area contributed by atoms with E-state index in [-0.39, 0.29) is 12.6 Å². The topological polar surface area (TPSA) is 74.2 Å². The van der Waals surface area contributed by atoms with Gasteiger partial charge in [-0.1, -0.05) is 13.8 Å². The Morgan fingerprint density at radius 1 is 1.30 bits per heavy atom. The van der Waals surface area contributed by atoms with Crippen molar-refractivity contribution >= 4 is 17.4 Å². The summed E-state index contributed by atoms with van der Waals surface area (Å²) >= 11 is 1.67. The monoisotopic (exact) mass is 299 g/mol. The van der Waals surface area contributed by atoms with E-state index >= 15 is 0 Å². The molecule has 6 heteroatoms. The first-order valence-electron chi connectivity index (χ1n) is 7.07. The second-order valence-corrected chi connectivity index (χ2v) is 6.33. The molecule has 0 radical (unpaired) electrons. The predicted molar refractivity (Wildman–Crippen MR) is 82.2 cm³/mol. The number of nitrogens with one attached hydrogen (secondary N) is 2. The van der Waals surface area contributed by atoms with E-state index in [9.17, 15) is 9.90 Å². The number of aromatic nitrogens is 1. The van der Waals surface area contributed by atoms with E-state index in [2.05, 4.69) is 15.6 Å². The van der Waals surface area contributed by atoms with Crippen LogP contribution >= 0.6 is 11.3 Å². The Bertz CT molecular complexity index is 422. The Morgan fingerprint density at radius 2 is 1.95 bits per heavy atom. The van der Waals surface area contributed by atoms with E-state index in [4.69, 9.17) is 0 Å². The van der Waals surface area contributed by atoms with Crippen molar-refractivity contribution in [2.24, 2.45) is 0 Å². The summed E-state index contributed by atoms with van der Waals surface area (Å²) in [4.78, 5) is 17.3. The molecule has 1 aromatic heterocycles. The minimum atomic E-state index is -0.805. The number of carbonyl (C=O) groups is 1. The molecule has 1 rings (SSSR count). The maximum Gasteiger partial charge on any atom is 0.314 e. The number of amides is 2. The van der Waals surface area contributed by atoms with Crippen LogP contribution in [0.2, 0.25) is 0 Å². The summed E-state index contributed by atoms with van der Waals surface area (Å²) in [5, 5.41) is 16.6. The molecule has 0 aliphatic carbocycles. The molecule has 1 aromatic rings. The lowest BCUT2D eigenvalue weighted by atomic mass is 9.98. The molecule has 0 saturated carbocycles. The average molecular weight is 299 g/mol. The molecule has 114 valence electrons. The zero-order valence-corrected chi connectivity index (χ0v) is 13.6. The Hall–Kier alpha value is -1.14. The quantitative estimate of drug-likeness (QED) is 0.722. The van der Waals surface area contributed by atoms with Crippen LogP contribution < -0.4 is 10.6 Å². The minimum Gasteiger partial charge on any atom is -0.388 e. The first kappa shape index (κ1) is 16.9. The molecule has 0 aliphatic heterocycles. The molecule has 0 saturated heterocycles. The highest BCUT2D eigenvalue weighted by Crippen LogP contribution is 2.16. The number of rotatable bonds is 7. The van der Waals surface area contributed by atoms with Gasteiger partial charge in [-0.25, -0.2) is 9.78 Å². The van der Waals surface area contributed by atoms with Crippen molar-refractivity contribution in [1.82, 2.24) is 15.6 Å². The number of hydrogen-bond acceptors (Lipinski definition) is 4. The van der Waals surface area contributed by atoms with E-state index in [1.165, 1.54) is 4.88 Å². The van der Waals surface area contributed by atoms with E-state index in [1.807, 2.05) is 27.7 Å². The Kier molecular flexibility index (Phi) is 6.42. The van der Waals surface area contributed by atoms with Crippen LogP contribution in [-0.2, 0) is 6.42 Å². The SMILES string of the molecule is CCC(O)(CC)CNC(=O)NCCc1nc(C)c(C)s1. The highest BCUT2D eigenvalue weighted by molar-refractivity contribution is 7.11. The lowest BCUT2D eigenvalue weighted by molar-refractivity contribution is 0.0349. The lowest BCUT2D eigenvalue weighted by Gasteiger charge is -2.25. The first-order valence-corrected chi connectivity index (χ1v) is 7.89. The summed E-state index contributed by atoms with van der Waals surface area (Å²) in [7, 11) is 0. The third-order valence-corrected chi connectivity index (χ3v) is 4.72. The number of nitrogens with zero attached hydrogens (tertiary/aromatic N) is 1. The molecular formula is C14H25N3O2S. The molecule has 0 fully saturated rings. The van der Waals surface area contributed by atoms with Gasteiger partial charge in [0.1, 0.15) is 0 Å². The van der Waals surface area contributed by atoms with Gasteiger partial charge in [0, 0.05) is 24.4 Å². The summed E-state index contributed by atoms with van der Waals surface area (Å²) < 4.78 is 0. The van der Waals surface area contributed by atoms with Gasteiger partial charge in [-0.2, -0.15) is 0 Å². The largest absolute Gasteiger partial charge is 0.388 e. The highest BCUT2D eigenvalue weighted by atomic mass is 32.1. The number of urea groups is 1. The number of thiazole rings is 1. The van der Waals surface area contributed by atoms with Gasteiger partial charge < -0.3 is 15.7 Å². The van der Waals surface area contributed by atoms with Gasteiger partial charge in [-0.15, -0.1) is 11.3 Å². The molecule has 0 unspecified atom stereocenters. The van der Waals surface area contributed by atoms with Gasteiger partial charge in [0.05, 0.1) is 16.3 Å². The molecule has 2 amide bonds. The minimum absolute atomic E-state index is 0.240. The number of aryl methyl sites for hydroxylation is 2. The molecule has 0 aromatic carbocycles. The Labute approximate surface area is 124 Å². The van der Waals surface area contributed by atoms with Crippen LogP contribution in [0.3, 0.4) is 0 Å². The summed E-state index contributed by atoms with van der Waals surface area (Å²) in [5.41, 5.74) is 0.256. The van der Waals surface area contributed by atoms with E-state index in [0.717, 1.165) is 17.1 Å². The second-order valence-electron chi connectivity index (χ2n) is 5.04. The fourth-order valence-corrected chi connectivity index (χ4v) is 2.67. The van der Waals surface area contributed by atoms with Crippen LogP contribution in [-0.4, -0.2) is 34.8 Å². The van der Waals surface area contributed by atoms with E-state index < -0.39 is 5.60 Å². The van der Waals surface area contributed by atoms with Crippen LogP contribution in [0.1, 0.15) is 42.3 Å². The summed E-state index contributed by atoms with van der Waals surface area (Å²) in [6.07, 6.45) is 1.99. The lowest BCUT2D eigenvalue weighted by Crippen LogP contribution is -2.46. The molecule has 3 N–H and O–H groups in total. The predicted octanol–water partition coefficient (Wildman–Crippen LogP) is 2.15. The van der Waals surface area contributed by atoms with Crippen molar-refractivity contribution in [3.8, 4) is 0 Å². The van der Waals surface area contributed by atoms with Gasteiger partial charge in [-0.3, -0.25) is 0 Å². The zero-order chi connectivity index (χ0) is 15.2. The van der Waals surface area contributed by atoms with Crippen molar-refractivity contribution in [2.75, 3.05) is 13.1 Å². The zero-order valence-electron chi connectivity index (χ0n) is 12.7. The molecule has 0 aliphatic rings.